The van der Waals surface area contributed by atoms with E-state index in [2.05, 4.69) is 30.2 Å². The molecule has 0 bridgehead atoms. The molecule has 10 nitrogen and oxygen atoms in total. The van der Waals surface area contributed by atoms with Gasteiger partial charge in [-0.3, -0.25) is 4.72 Å². The Kier molecular flexibility index (Phi) is 5.91. The molecule has 13 heteroatoms. The van der Waals surface area contributed by atoms with Gasteiger partial charge in [-0.15, -0.1) is 21.5 Å². The lowest BCUT2D eigenvalue weighted by atomic mass is 10.2. The second kappa shape index (κ2) is 8.65. The van der Waals surface area contributed by atoms with Crippen LogP contribution in [0.1, 0.15) is 15.2 Å². The second-order valence-electron chi connectivity index (χ2n) is 6.45. The number of aryl methyl sites for hydroxylation is 1. The summed E-state index contributed by atoms with van der Waals surface area (Å²) in [4.78, 5) is 21.6. The molecule has 0 aliphatic carbocycles. The van der Waals surface area contributed by atoms with E-state index in [9.17, 15) is 13.2 Å². The van der Waals surface area contributed by atoms with Gasteiger partial charge in [-0.1, -0.05) is 11.6 Å². The highest BCUT2D eigenvalue weighted by Crippen LogP contribution is 2.34. The normalized spacial score (nSPS) is 11.3. The van der Waals surface area contributed by atoms with Gasteiger partial charge >= 0.3 is 5.97 Å². The van der Waals surface area contributed by atoms with E-state index in [1.165, 1.54) is 49.0 Å². The molecule has 0 fully saturated rings. The molecular formula is C19H15ClN6O4S2. The molecule has 0 aliphatic heterocycles. The summed E-state index contributed by atoms with van der Waals surface area (Å²) in [6.45, 7) is 1.79. The third kappa shape index (κ3) is 4.33. The molecule has 3 heterocycles. The van der Waals surface area contributed by atoms with Crippen LogP contribution in [0.3, 0.4) is 0 Å². The number of benzene rings is 1. The summed E-state index contributed by atoms with van der Waals surface area (Å²) < 4.78 is 32.3. The number of hydrogen-bond acceptors (Lipinski definition) is 10. The maximum absolute atomic E-state index is 12.6. The number of carbonyl (C=O) groups excluding carboxylic acids is 1. The molecule has 1 aromatic carbocycles. The fourth-order valence-corrected chi connectivity index (χ4v) is 5.04. The van der Waals surface area contributed by atoms with Crippen molar-refractivity contribution < 1.29 is 17.9 Å². The number of sulfonamides is 1. The van der Waals surface area contributed by atoms with Crippen molar-refractivity contribution in [3.05, 3.63) is 58.3 Å². The molecule has 0 saturated carbocycles. The molecule has 0 aliphatic rings. The monoisotopic (exact) mass is 490 g/mol. The number of hydrogen-bond donors (Lipinski definition) is 2. The number of nitrogens with one attached hydrogen (secondary N) is 2. The van der Waals surface area contributed by atoms with Crippen LogP contribution in [0.15, 0.2) is 47.6 Å². The van der Waals surface area contributed by atoms with Gasteiger partial charge in [-0.2, -0.15) is 0 Å². The number of methoxy groups -OCH3 is 1. The van der Waals surface area contributed by atoms with E-state index in [-0.39, 0.29) is 15.9 Å². The Balaban J connectivity index is 1.59. The minimum atomic E-state index is -3.87. The van der Waals surface area contributed by atoms with Gasteiger partial charge in [0.1, 0.15) is 21.9 Å². The van der Waals surface area contributed by atoms with Crippen LogP contribution < -0.4 is 10.0 Å². The summed E-state index contributed by atoms with van der Waals surface area (Å²) in [7, 11) is -2.54. The number of carbonyl (C=O) groups is 1. The molecule has 4 aromatic rings. The lowest BCUT2D eigenvalue weighted by Crippen LogP contribution is -2.14. The average molecular weight is 491 g/mol. The molecule has 0 unspecified atom stereocenters. The number of thiophene rings is 1. The summed E-state index contributed by atoms with van der Waals surface area (Å²) in [5.41, 5.74) is 1.30. The third-order valence-corrected chi connectivity index (χ3v) is 7.15. The Labute approximate surface area is 191 Å². The third-order valence-electron chi connectivity index (χ3n) is 4.40. The van der Waals surface area contributed by atoms with Crippen molar-refractivity contribution in [2.45, 2.75) is 11.8 Å². The number of rotatable bonds is 6. The SMILES string of the molecule is COC(=O)c1sc2ncnc(Nc3ccc(S(=O)(=O)Nc4ccc(Cl)nn4)cc3)c2c1C. The smallest absolute Gasteiger partial charge is 0.348 e. The highest BCUT2D eigenvalue weighted by molar-refractivity contribution is 7.92. The number of halogens is 1. The molecule has 0 spiro atoms. The molecular weight excluding hydrogens is 476 g/mol. The maximum Gasteiger partial charge on any atom is 0.348 e. The number of nitrogens with zero attached hydrogens (tertiary/aromatic N) is 4. The van der Waals surface area contributed by atoms with Gasteiger partial charge in [0.05, 0.1) is 17.4 Å². The molecule has 32 heavy (non-hydrogen) atoms. The minimum absolute atomic E-state index is 0.0346. The summed E-state index contributed by atoms with van der Waals surface area (Å²) in [6.07, 6.45) is 1.39. The van der Waals surface area contributed by atoms with Crippen LogP contribution >= 0.6 is 22.9 Å². The van der Waals surface area contributed by atoms with E-state index >= 15 is 0 Å². The molecule has 164 valence electrons. The van der Waals surface area contributed by atoms with Crippen LogP contribution in [0.4, 0.5) is 17.3 Å². The molecule has 0 radical (unpaired) electrons. The lowest BCUT2D eigenvalue weighted by molar-refractivity contribution is 0.0605. The van der Waals surface area contributed by atoms with E-state index < -0.39 is 16.0 Å². The maximum atomic E-state index is 12.6. The lowest BCUT2D eigenvalue weighted by Gasteiger charge is -2.10. The Morgan fingerprint density at radius 3 is 2.50 bits per heavy atom. The molecule has 0 amide bonds. The highest BCUT2D eigenvalue weighted by Gasteiger charge is 2.20. The van der Waals surface area contributed by atoms with Gasteiger partial charge in [0, 0.05) is 5.69 Å². The zero-order valence-electron chi connectivity index (χ0n) is 16.7. The van der Waals surface area contributed by atoms with Crippen molar-refractivity contribution >= 4 is 66.5 Å². The number of fused-ring (bicyclic) bond motifs is 1. The topological polar surface area (TPSA) is 136 Å². The standard InChI is InChI=1S/C19H15ClN6O4S2/c1-10-15-17(21-9-22-18(15)31-16(10)19(27)30-2)23-11-3-5-12(6-4-11)32(28,29)26-14-8-7-13(20)24-25-14/h3-9H,1-2H3,(H,25,26)(H,21,22,23). The number of ether oxygens (including phenoxy) is 1. The number of aromatic nitrogens is 4. The van der Waals surface area contributed by atoms with E-state index in [1.807, 2.05) is 0 Å². The van der Waals surface area contributed by atoms with E-state index in [4.69, 9.17) is 16.3 Å². The van der Waals surface area contributed by atoms with E-state index in [0.29, 0.717) is 32.2 Å². The van der Waals surface area contributed by atoms with Gasteiger partial charge in [0.2, 0.25) is 0 Å². The predicted octanol–water partition coefficient (Wildman–Crippen LogP) is 3.77. The average Bonchev–Trinajstić information content (AvgIpc) is 3.12. The highest BCUT2D eigenvalue weighted by atomic mass is 35.5. The van der Waals surface area contributed by atoms with Crippen molar-refractivity contribution in [1.29, 1.82) is 0 Å². The Morgan fingerprint density at radius 1 is 1.09 bits per heavy atom. The minimum Gasteiger partial charge on any atom is -0.465 e. The van der Waals surface area contributed by atoms with E-state index in [1.54, 1.807) is 19.1 Å². The fraction of sp³-hybridized carbons (Fsp3) is 0.105. The van der Waals surface area contributed by atoms with Crippen LogP contribution in [0.5, 0.6) is 0 Å². The van der Waals surface area contributed by atoms with Gasteiger partial charge in [0.25, 0.3) is 10.0 Å². The molecule has 2 N–H and O–H groups in total. The molecule has 0 saturated heterocycles. The summed E-state index contributed by atoms with van der Waals surface area (Å²) >= 11 is 6.88. The zero-order valence-corrected chi connectivity index (χ0v) is 19.0. The van der Waals surface area contributed by atoms with E-state index in [0.717, 1.165) is 0 Å². The Bertz CT molecular complexity index is 1410. The van der Waals surface area contributed by atoms with Crippen molar-refractivity contribution in [2.24, 2.45) is 0 Å². The Morgan fingerprint density at radius 2 is 1.84 bits per heavy atom. The Hall–Kier alpha value is -3.35. The van der Waals surface area contributed by atoms with Crippen molar-refractivity contribution in [3.63, 3.8) is 0 Å². The van der Waals surface area contributed by atoms with Crippen molar-refractivity contribution in [1.82, 2.24) is 20.2 Å². The zero-order chi connectivity index (χ0) is 22.9. The first kappa shape index (κ1) is 21.9. The van der Waals surface area contributed by atoms with Crippen molar-refractivity contribution in [3.8, 4) is 0 Å². The van der Waals surface area contributed by atoms with Gasteiger partial charge in [-0.25, -0.2) is 23.2 Å². The first-order valence-corrected chi connectivity index (χ1v) is 11.7. The largest absolute Gasteiger partial charge is 0.465 e. The van der Waals surface area contributed by atoms with Gasteiger partial charge in [-0.05, 0) is 48.9 Å². The second-order valence-corrected chi connectivity index (χ2v) is 9.52. The quantitative estimate of drug-likeness (QED) is 0.387. The van der Waals surface area contributed by atoms with Gasteiger partial charge in [0.15, 0.2) is 11.0 Å². The summed E-state index contributed by atoms with van der Waals surface area (Å²) in [5, 5.41) is 11.3. The molecule has 3 aromatic heterocycles. The number of esters is 1. The molecule has 4 rings (SSSR count). The summed E-state index contributed by atoms with van der Waals surface area (Å²) in [6, 6.07) is 8.91. The van der Waals surface area contributed by atoms with Crippen LogP contribution in [0.25, 0.3) is 10.2 Å². The number of anilines is 3. The first-order valence-electron chi connectivity index (χ1n) is 9.00. The van der Waals surface area contributed by atoms with Crippen molar-refractivity contribution in [2.75, 3.05) is 17.1 Å². The fourth-order valence-electron chi connectivity index (χ4n) is 2.87. The summed E-state index contributed by atoms with van der Waals surface area (Å²) in [5.74, 6) is 0.0993. The predicted molar refractivity (Wildman–Crippen MR) is 121 cm³/mol. The van der Waals surface area contributed by atoms with Gasteiger partial charge < -0.3 is 10.1 Å². The van der Waals surface area contributed by atoms with Crippen LogP contribution in [0.2, 0.25) is 5.15 Å². The van der Waals surface area contributed by atoms with Crippen LogP contribution in [-0.4, -0.2) is 41.7 Å². The first-order chi connectivity index (χ1) is 15.3. The molecule has 0 atom stereocenters. The van der Waals surface area contributed by atoms with Crippen LogP contribution in [-0.2, 0) is 14.8 Å². The van der Waals surface area contributed by atoms with Crippen LogP contribution in [0, 0.1) is 6.92 Å².